The van der Waals surface area contributed by atoms with Crippen LogP contribution in [-0.2, 0) is 6.42 Å². The summed E-state index contributed by atoms with van der Waals surface area (Å²) in [4.78, 5) is 0. The standard InChI is InChI=1S/C17H31N3/c1-4-17(5-2)20-9-8-16(19-20)11-15-10-13(3)6-7-14(15)12-18/h8-9,13-15,17H,4-7,10-12,18H2,1-3H3. The van der Waals surface area contributed by atoms with E-state index in [9.17, 15) is 0 Å². The Morgan fingerprint density at radius 1 is 1.30 bits per heavy atom. The Labute approximate surface area is 123 Å². The molecule has 1 aromatic heterocycles. The maximum atomic E-state index is 5.96. The smallest absolute Gasteiger partial charge is 0.0627 e. The Kier molecular flexibility index (Phi) is 5.64. The summed E-state index contributed by atoms with van der Waals surface area (Å²) in [6.45, 7) is 7.69. The fourth-order valence-corrected chi connectivity index (χ4v) is 3.74. The maximum Gasteiger partial charge on any atom is 0.0627 e. The largest absolute Gasteiger partial charge is 0.330 e. The molecule has 0 bridgehead atoms. The molecular formula is C17H31N3. The molecule has 2 N–H and O–H groups in total. The van der Waals surface area contributed by atoms with Crippen LogP contribution >= 0.6 is 0 Å². The van der Waals surface area contributed by atoms with Crippen LogP contribution in [0.1, 0.15) is 64.6 Å². The van der Waals surface area contributed by atoms with Crippen LogP contribution in [-0.4, -0.2) is 16.3 Å². The zero-order valence-corrected chi connectivity index (χ0v) is 13.4. The van der Waals surface area contributed by atoms with Gasteiger partial charge >= 0.3 is 0 Å². The minimum absolute atomic E-state index is 0.555. The zero-order chi connectivity index (χ0) is 14.5. The minimum atomic E-state index is 0.555. The molecule has 0 radical (unpaired) electrons. The molecule has 0 aliphatic heterocycles. The average molecular weight is 277 g/mol. The number of hydrogen-bond donors (Lipinski definition) is 1. The van der Waals surface area contributed by atoms with E-state index in [2.05, 4.69) is 37.7 Å². The van der Waals surface area contributed by atoms with E-state index in [1.165, 1.54) is 25.0 Å². The second-order valence-electron chi connectivity index (χ2n) is 6.64. The van der Waals surface area contributed by atoms with Gasteiger partial charge in [-0.25, -0.2) is 0 Å². The van der Waals surface area contributed by atoms with Gasteiger partial charge in [-0.1, -0.05) is 27.2 Å². The van der Waals surface area contributed by atoms with Gasteiger partial charge < -0.3 is 5.73 Å². The van der Waals surface area contributed by atoms with Crippen molar-refractivity contribution < 1.29 is 0 Å². The molecule has 1 saturated carbocycles. The fraction of sp³-hybridized carbons (Fsp3) is 0.824. The molecule has 1 fully saturated rings. The lowest BCUT2D eigenvalue weighted by Gasteiger charge is -2.34. The van der Waals surface area contributed by atoms with Crippen LogP contribution in [0.5, 0.6) is 0 Å². The third-order valence-corrected chi connectivity index (χ3v) is 5.16. The molecule has 0 aromatic carbocycles. The summed E-state index contributed by atoms with van der Waals surface area (Å²) in [5.41, 5.74) is 7.22. The van der Waals surface area contributed by atoms with Crippen molar-refractivity contribution >= 4 is 0 Å². The molecule has 20 heavy (non-hydrogen) atoms. The second-order valence-corrected chi connectivity index (χ2v) is 6.64. The quantitative estimate of drug-likeness (QED) is 0.859. The Balaban J connectivity index is 2.01. The number of nitrogens with two attached hydrogens (primary N) is 1. The van der Waals surface area contributed by atoms with Crippen molar-refractivity contribution in [3.05, 3.63) is 18.0 Å². The summed E-state index contributed by atoms with van der Waals surface area (Å²) in [5, 5.41) is 4.82. The first kappa shape index (κ1) is 15.6. The van der Waals surface area contributed by atoms with Crippen LogP contribution in [0.3, 0.4) is 0 Å². The summed E-state index contributed by atoms with van der Waals surface area (Å²) in [6, 6.07) is 2.77. The topological polar surface area (TPSA) is 43.8 Å². The lowest BCUT2D eigenvalue weighted by atomic mass is 9.73. The molecule has 0 saturated heterocycles. The molecule has 3 atom stereocenters. The number of rotatable bonds is 6. The van der Waals surface area contributed by atoms with Crippen molar-refractivity contribution in [2.24, 2.45) is 23.5 Å². The van der Waals surface area contributed by atoms with Gasteiger partial charge in [0.05, 0.1) is 11.7 Å². The van der Waals surface area contributed by atoms with Gasteiger partial charge in [0.2, 0.25) is 0 Å². The molecule has 114 valence electrons. The summed E-state index contributed by atoms with van der Waals surface area (Å²) < 4.78 is 2.17. The maximum absolute atomic E-state index is 5.96. The molecule has 3 unspecified atom stereocenters. The SMILES string of the molecule is CCC(CC)n1ccc(CC2CC(C)CCC2CN)n1. The Morgan fingerprint density at radius 2 is 2.05 bits per heavy atom. The van der Waals surface area contributed by atoms with E-state index >= 15 is 0 Å². The van der Waals surface area contributed by atoms with Crippen molar-refractivity contribution in [3.63, 3.8) is 0 Å². The van der Waals surface area contributed by atoms with Gasteiger partial charge in [-0.3, -0.25) is 4.68 Å². The summed E-state index contributed by atoms with van der Waals surface area (Å²) in [5.74, 6) is 2.28. The zero-order valence-electron chi connectivity index (χ0n) is 13.4. The van der Waals surface area contributed by atoms with Gasteiger partial charge in [0.15, 0.2) is 0 Å². The fourth-order valence-electron chi connectivity index (χ4n) is 3.74. The van der Waals surface area contributed by atoms with Crippen LogP contribution in [0.2, 0.25) is 0 Å². The van der Waals surface area contributed by atoms with Crippen LogP contribution in [0.25, 0.3) is 0 Å². The number of nitrogens with zero attached hydrogens (tertiary/aromatic N) is 2. The van der Waals surface area contributed by atoms with Crippen LogP contribution in [0, 0.1) is 17.8 Å². The summed E-state index contributed by atoms with van der Waals surface area (Å²) >= 11 is 0. The highest BCUT2D eigenvalue weighted by atomic mass is 15.3. The Bertz CT molecular complexity index is 395. The van der Waals surface area contributed by atoms with Crippen LogP contribution in [0.15, 0.2) is 12.3 Å². The highest BCUT2D eigenvalue weighted by Crippen LogP contribution is 2.35. The molecule has 1 aromatic rings. The molecule has 0 amide bonds. The molecular weight excluding hydrogens is 246 g/mol. The van der Waals surface area contributed by atoms with Gasteiger partial charge in [-0.05, 0) is 62.5 Å². The van der Waals surface area contributed by atoms with E-state index in [0.717, 1.165) is 37.6 Å². The van der Waals surface area contributed by atoms with Gasteiger partial charge in [0.25, 0.3) is 0 Å². The molecule has 1 heterocycles. The lowest BCUT2D eigenvalue weighted by Crippen LogP contribution is -2.31. The third-order valence-electron chi connectivity index (χ3n) is 5.16. The van der Waals surface area contributed by atoms with Crippen molar-refractivity contribution in [1.29, 1.82) is 0 Å². The third kappa shape index (κ3) is 3.63. The first-order valence-electron chi connectivity index (χ1n) is 8.41. The van der Waals surface area contributed by atoms with E-state index < -0.39 is 0 Å². The van der Waals surface area contributed by atoms with Crippen LogP contribution in [0.4, 0.5) is 0 Å². The number of hydrogen-bond acceptors (Lipinski definition) is 2. The first-order chi connectivity index (χ1) is 9.67. The molecule has 0 spiro atoms. The minimum Gasteiger partial charge on any atom is -0.330 e. The molecule has 3 heteroatoms. The highest BCUT2D eigenvalue weighted by molar-refractivity contribution is 5.02. The lowest BCUT2D eigenvalue weighted by molar-refractivity contribution is 0.191. The van der Waals surface area contributed by atoms with Gasteiger partial charge in [0, 0.05) is 6.20 Å². The van der Waals surface area contributed by atoms with E-state index in [1.807, 2.05) is 0 Å². The van der Waals surface area contributed by atoms with E-state index in [4.69, 9.17) is 10.8 Å². The van der Waals surface area contributed by atoms with Crippen molar-refractivity contribution in [3.8, 4) is 0 Å². The van der Waals surface area contributed by atoms with Gasteiger partial charge in [0.1, 0.15) is 0 Å². The van der Waals surface area contributed by atoms with Gasteiger partial charge in [-0.15, -0.1) is 0 Å². The van der Waals surface area contributed by atoms with Crippen LogP contribution < -0.4 is 5.73 Å². The van der Waals surface area contributed by atoms with Gasteiger partial charge in [-0.2, -0.15) is 5.10 Å². The summed E-state index contributed by atoms with van der Waals surface area (Å²) in [7, 11) is 0. The number of aromatic nitrogens is 2. The monoisotopic (exact) mass is 277 g/mol. The van der Waals surface area contributed by atoms with Crippen molar-refractivity contribution in [2.75, 3.05) is 6.54 Å². The predicted molar refractivity (Wildman–Crippen MR) is 84.6 cm³/mol. The highest BCUT2D eigenvalue weighted by Gasteiger charge is 2.28. The van der Waals surface area contributed by atoms with E-state index in [0.29, 0.717) is 12.0 Å². The van der Waals surface area contributed by atoms with E-state index in [-0.39, 0.29) is 0 Å². The Hall–Kier alpha value is -0.830. The molecule has 2 rings (SSSR count). The normalized spacial score (nSPS) is 27.1. The first-order valence-corrected chi connectivity index (χ1v) is 8.41. The molecule has 3 nitrogen and oxygen atoms in total. The summed E-state index contributed by atoms with van der Waals surface area (Å²) in [6.07, 6.45) is 9.55. The predicted octanol–water partition coefficient (Wildman–Crippen LogP) is 3.80. The Morgan fingerprint density at radius 3 is 2.70 bits per heavy atom. The molecule has 1 aliphatic carbocycles. The van der Waals surface area contributed by atoms with Crippen molar-refractivity contribution in [2.45, 2.75) is 65.3 Å². The van der Waals surface area contributed by atoms with Crippen molar-refractivity contribution in [1.82, 2.24) is 9.78 Å². The second kappa shape index (κ2) is 7.26. The van der Waals surface area contributed by atoms with E-state index in [1.54, 1.807) is 0 Å². The molecule has 1 aliphatic rings. The average Bonchev–Trinajstić information content (AvgIpc) is 2.89.